The number of hydrogen-bond donors (Lipinski definition) is 0. The van der Waals surface area contributed by atoms with Crippen molar-refractivity contribution in [3.05, 3.63) is 35.9 Å². The first kappa shape index (κ1) is 12.1. The lowest BCUT2D eigenvalue weighted by Gasteiger charge is -2.23. The molecule has 1 aromatic rings. The lowest BCUT2D eigenvalue weighted by molar-refractivity contribution is -0.306. The van der Waals surface area contributed by atoms with Gasteiger partial charge in [0.05, 0.1) is 0 Å². The molecule has 0 bridgehead atoms. The summed E-state index contributed by atoms with van der Waals surface area (Å²) >= 11 is 0. The average molecular weight is 234 g/mol. The van der Waals surface area contributed by atoms with E-state index in [-0.39, 0.29) is 5.41 Å². The summed E-state index contributed by atoms with van der Waals surface area (Å²) in [4.78, 5) is 20.2. The highest BCUT2D eigenvalue weighted by Gasteiger charge is 2.63. The Morgan fingerprint density at radius 2 is 1.94 bits per heavy atom. The molecule has 0 heterocycles. The van der Waals surface area contributed by atoms with Crippen LogP contribution >= 0.6 is 0 Å². The first-order chi connectivity index (χ1) is 8.00. The molecule has 2 rings (SSSR count). The van der Waals surface area contributed by atoms with Gasteiger partial charge in [-0.15, -0.1) is 0 Å². The Morgan fingerprint density at radius 3 is 2.41 bits per heavy atom. The van der Waals surface area contributed by atoms with Gasteiger partial charge in [-0.3, -0.25) is 4.79 Å². The normalized spacial score (nSPS) is 27.6. The van der Waals surface area contributed by atoms with E-state index in [4.69, 9.17) is 4.89 Å². The maximum absolute atomic E-state index is 10.3. The number of rotatable bonds is 4. The molecule has 1 fully saturated rings. The van der Waals surface area contributed by atoms with Crippen molar-refractivity contribution in [3.63, 3.8) is 0 Å². The zero-order valence-corrected chi connectivity index (χ0v) is 10.5. The largest absolute Gasteiger partial charge is 0.330 e. The van der Waals surface area contributed by atoms with Crippen LogP contribution in [0.3, 0.4) is 0 Å². The highest BCUT2D eigenvalue weighted by molar-refractivity contribution is 5.36. The highest BCUT2D eigenvalue weighted by Crippen LogP contribution is 2.62. The third-order valence-electron chi connectivity index (χ3n) is 3.45. The molecule has 3 heteroatoms. The summed E-state index contributed by atoms with van der Waals surface area (Å²) in [5.74, 6) is 0.359. The summed E-state index contributed by atoms with van der Waals surface area (Å²) in [6.07, 6.45) is 0.883. The molecule has 3 nitrogen and oxygen atoms in total. The second-order valence-electron chi connectivity index (χ2n) is 5.65. The van der Waals surface area contributed by atoms with Gasteiger partial charge in [0.1, 0.15) is 5.60 Å². The predicted molar refractivity (Wildman–Crippen MR) is 63.9 cm³/mol. The maximum Gasteiger partial charge on any atom is 0.330 e. The number of carbonyl (C=O) groups is 1. The summed E-state index contributed by atoms with van der Waals surface area (Å²) in [7, 11) is 0. The van der Waals surface area contributed by atoms with Crippen molar-refractivity contribution < 1.29 is 14.6 Å². The molecule has 0 N–H and O–H groups in total. The van der Waals surface area contributed by atoms with Crippen LogP contribution in [-0.4, -0.2) is 6.47 Å². The molecule has 1 aromatic carbocycles. The lowest BCUT2D eigenvalue weighted by atomic mass is 9.86. The molecule has 17 heavy (non-hydrogen) atoms. The van der Waals surface area contributed by atoms with Crippen LogP contribution in [0.1, 0.15) is 32.8 Å². The zero-order valence-electron chi connectivity index (χ0n) is 10.5. The molecule has 0 amide bonds. The van der Waals surface area contributed by atoms with Gasteiger partial charge in [0.25, 0.3) is 0 Å². The third-order valence-corrected chi connectivity index (χ3v) is 3.45. The average Bonchev–Trinajstić information content (AvgIpc) is 3.04. The van der Waals surface area contributed by atoms with Crippen molar-refractivity contribution in [1.82, 2.24) is 0 Å². The van der Waals surface area contributed by atoms with Crippen LogP contribution in [0.4, 0.5) is 0 Å². The fraction of sp³-hybridized carbons (Fsp3) is 0.500. The SMILES string of the molecule is CC(C)(C)C1CC1(OOC=O)c1ccccc1. The van der Waals surface area contributed by atoms with Gasteiger partial charge in [-0.1, -0.05) is 51.1 Å². The number of benzene rings is 1. The Balaban J connectivity index is 2.26. The first-order valence-electron chi connectivity index (χ1n) is 5.84. The van der Waals surface area contributed by atoms with Crippen LogP contribution in [0.25, 0.3) is 0 Å². The minimum atomic E-state index is -0.458. The Kier molecular flexibility index (Phi) is 2.96. The Morgan fingerprint density at radius 1 is 1.29 bits per heavy atom. The smallest absolute Gasteiger partial charge is 0.301 e. The molecule has 0 spiro atoms. The molecule has 0 aromatic heterocycles. The fourth-order valence-corrected chi connectivity index (χ4v) is 2.53. The standard InChI is InChI=1S/C14H18O3/c1-13(2,3)12-9-14(12,17-16-10-15)11-7-5-4-6-8-11/h4-8,10,12H,9H2,1-3H3. The van der Waals surface area contributed by atoms with E-state index in [0.717, 1.165) is 12.0 Å². The van der Waals surface area contributed by atoms with Crippen molar-refractivity contribution in [3.8, 4) is 0 Å². The van der Waals surface area contributed by atoms with Gasteiger partial charge in [-0.25, -0.2) is 0 Å². The van der Waals surface area contributed by atoms with Gasteiger partial charge in [0.2, 0.25) is 0 Å². The van der Waals surface area contributed by atoms with E-state index >= 15 is 0 Å². The van der Waals surface area contributed by atoms with Crippen molar-refractivity contribution >= 4 is 6.47 Å². The highest BCUT2D eigenvalue weighted by atomic mass is 17.2. The Bertz CT molecular complexity index is 394. The molecule has 0 aliphatic heterocycles. The van der Waals surface area contributed by atoms with E-state index < -0.39 is 5.60 Å². The van der Waals surface area contributed by atoms with Gasteiger partial charge >= 0.3 is 6.47 Å². The van der Waals surface area contributed by atoms with E-state index in [1.54, 1.807) is 0 Å². The quantitative estimate of drug-likeness (QED) is 0.456. The molecule has 1 saturated carbocycles. The molecule has 0 saturated heterocycles. The Labute approximate surface area is 102 Å². The van der Waals surface area contributed by atoms with E-state index in [0.29, 0.717) is 12.4 Å². The van der Waals surface area contributed by atoms with Gasteiger partial charge in [-0.05, 0) is 17.4 Å². The minimum absolute atomic E-state index is 0.127. The maximum atomic E-state index is 10.3. The molecule has 0 radical (unpaired) electrons. The van der Waals surface area contributed by atoms with Crippen molar-refractivity contribution in [2.45, 2.75) is 32.8 Å². The Hall–Kier alpha value is -1.35. The summed E-state index contributed by atoms with van der Waals surface area (Å²) < 4.78 is 0. The topological polar surface area (TPSA) is 35.5 Å². The van der Waals surface area contributed by atoms with Crippen LogP contribution < -0.4 is 0 Å². The van der Waals surface area contributed by atoms with Crippen LogP contribution in [0.15, 0.2) is 30.3 Å². The van der Waals surface area contributed by atoms with Gasteiger partial charge in [0, 0.05) is 5.92 Å². The van der Waals surface area contributed by atoms with Gasteiger partial charge in [-0.2, -0.15) is 4.89 Å². The predicted octanol–water partition coefficient (Wildman–Crippen LogP) is 3.05. The van der Waals surface area contributed by atoms with E-state index in [1.807, 2.05) is 30.3 Å². The van der Waals surface area contributed by atoms with Gasteiger partial charge < -0.3 is 4.89 Å². The molecular formula is C14H18O3. The van der Waals surface area contributed by atoms with E-state index in [2.05, 4.69) is 25.7 Å². The van der Waals surface area contributed by atoms with Crippen molar-refractivity contribution in [1.29, 1.82) is 0 Å². The van der Waals surface area contributed by atoms with Crippen LogP contribution in [-0.2, 0) is 20.2 Å². The monoisotopic (exact) mass is 234 g/mol. The first-order valence-corrected chi connectivity index (χ1v) is 5.84. The second kappa shape index (κ2) is 4.15. The fourth-order valence-electron chi connectivity index (χ4n) is 2.53. The second-order valence-corrected chi connectivity index (χ2v) is 5.65. The summed E-state index contributed by atoms with van der Waals surface area (Å²) in [6.45, 7) is 6.86. The van der Waals surface area contributed by atoms with Crippen LogP contribution in [0.5, 0.6) is 0 Å². The van der Waals surface area contributed by atoms with Gasteiger partial charge in [0.15, 0.2) is 0 Å². The zero-order chi connectivity index (χ0) is 12.5. The van der Waals surface area contributed by atoms with E-state index in [1.165, 1.54) is 0 Å². The summed E-state index contributed by atoms with van der Waals surface area (Å²) in [6, 6.07) is 9.94. The van der Waals surface area contributed by atoms with Crippen molar-refractivity contribution in [2.75, 3.05) is 0 Å². The third kappa shape index (κ3) is 2.20. The molecule has 92 valence electrons. The lowest BCUT2D eigenvalue weighted by Crippen LogP contribution is -2.22. The molecule has 1 aliphatic rings. The summed E-state index contributed by atoms with van der Waals surface area (Å²) in [5.41, 5.74) is 0.740. The van der Waals surface area contributed by atoms with Crippen LogP contribution in [0, 0.1) is 11.3 Å². The van der Waals surface area contributed by atoms with Crippen molar-refractivity contribution in [2.24, 2.45) is 11.3 Å². The minimum Gasteiger partial charge on any atom is -0.301 e. The number of carbonyl (C=O) groups excluding carboxylic acids is 1. The molecule has 2 atom stereocenters. The number of hydrogen-bond acceptors (Lipinski definition) is 3. The molecule has 1 aliphatic carbocycles. The summed E-state index contributed by atoms with van der Waals surface area (Å²) in [5, 5.41) is 0. The molecular weight excluding hydrogens is 216 g/mol. The molecule has 2 unspecified atom stereocenters. The van der Waals surface area contributed by atoms with Crippen LogP contribution in [0.2, 0.25) is 0 Å². The van der Waals surface area contributed by atoms with E-state index in [9.17, 15) is 4.79 Å².